The van der Waals surface area contributed by atoms with E-state index >= 15 is 0 Å². The number of amides is 2. The molecule has 2 amide bonds. The van der Waals surface area contributed by atoms with Crippen LogP contribution in [0.2, 0.25) is 0 Å². The fourth-order valence-electron chi connectivity index (χ4n) is 3.72. The first-order chi connectivity index (χ1) is 13.0. The number of pyridine rings is 1. The summed E-state index contributed by atoms with van der Waals surface area (Å²) in [6.45, 7) is 1.17. The molecule has 7 nitrogen and oxygen atoms in total. The molecule has 1 aliphatic rings. The molecule has 138 valence electrons. The number of aromatic nitrogens is 3. The maximum Gasteiger partial charge on any atom is 0.274 e. The van der Waals surface area contributed by atoms with E-state index in [2.05, 4.69) is 5.10 Å². The van der Waals surface area contributed by atoms with Crippen molar-refractivity contribution in [2.75, 3.05) is 13.1 Å². The van der Waals surface area contributed by atoms with E-state index < -0.39 is 5.91 Å². The molecule has 0 spiro atoms. The maximum absolute atomic E-state index is 12.8. The predicted molar refractivity (Wildman–Crippen MR) is 101 cm³/mol. The van der Waals surface area contributed by atoms with Gasteiger partial charge in [-0.15, -0.1) is 0 Å². The number of primary amides is 1. The van der Waals surface area contributed by atoms with E-state index in [1.54, 1.807) is 35.0 Å². The highest BCUT2D eigenvalue weighted by Crippen LogP contribution is 2.30. The normalized spacial score (nSPS) is 17.2. The van der Waals surface area contributed by atoms with Crippen molar-refractivity contribution >= 4 is 22.7 Å². The van der Waals surface area contributed by atoms with Gasteiger partial charge in [-0.25, -0.2) is 0 Å². The molecule has 0 aliphatic carbocycles. The minimum atomic E-state index is -0.489. The first-order valence-corrected chi connectivity index (χ1v) is 9.01. The Morgan fingerprint density at radius 3 is 2.78 bits per heavy atom. The van der Waals surface area contributed by atoms with Gasteiger partial charge >= 0.3 is 0 Å². The fraction of sp³-hybridized carbons (Fsp3) is 0.300. The number of fused-ring (bicyclic) bond motifs is 1. The van der Waals surface area contributed by atoms with Gasteiger partial charge in [0.1, 0.15) is 5.69 Å². The molecule has 0 bridgehead atoms. The SMILES string of the molecule is Cn1ccc(C(=O)N2CCC[C@H](c3nc4ccccc4cc3C(N)=O)C2)n1. The lowest BCUT2D eigenvalue weighted by atomic mass is 9.90. The molecule has 2 N–H and O–H groups in total. The monoisotopic (exact) mass is 363 g/mol. The zero-order valence-corrected chi connectivity index (χ0v) is 15.1. The zero-order chi connectivity index (χ0) is 19.0. The largest absolute Gasteiger partial charge is 0.366 e. The van der Waals surface area contributed by atoms with Gasteiger partial charge in [0.25, 0.3) is 11.8 Å². The lowest BCUT2D eigenvalue weighted by molar-refractivity contribution is 0.0699. The molecule has 0 unspecified atom stereocenters. The summed E-state index contributed by atoms with van der Waals surface area (Å²) in [5, 5.41) is 5.09. The average molecular weight is 363 g/mol. The number of para-hydroxylation sites is 1. The lowest BCUT2D eigenvalue weighted by Gasteiger charge is -2.32. The van der Waals surface area contributed by atoms with Crippen molar-refractivity contribution in [3.63, 3.8) is 0 Å². The first-order valence-electron chi connectivity index (χ1n) is 9.01. The van der Waals surface area contributed by atoms with Gasteiger partial charge in [-0.3, -0.25) is 19.3 Å². The van der Waals surface area contributed by atoms with Gasteiger partial charge in [-0.05, 0) is 31.0 Å². The number of benzene rings is 1. The molecule has 3 heterocycles. The second kappa shape index (κ2) is 6.83. The summed E-state index contributed by atoms with van der Waals surface area (Å²) in [5.74, 6) is -0.614. The molecular formula is C20H21N5O2. The summed E-state index contributed by atoms with van der Waals surface area (Å²) in [4.78, 5) is 31.3. The van der Waals surface area contributed by atoms with Crippen LogP contribution in [0.25, 0.3) is 10.9 Å². The van der Waals surface area contributed by atoms with Crippen LogP contribution in [0.1, 0.15) is 45.3 Å². The van der Waals surface area contributed by atoms with Crippen molar-refractivity contribution in [2.24, 2.45) is 12.8 Å². The van der Waals surface area contributed by atoms with E-state index in [1.807, 2.05) is 24.3 Å². The van der Waals surface area contributed by atoms with Crippen molar-refractivity contribution in [3.8, 4) is 0 Å². The molecule has 0 radical (unpaired) electrons. The molecule has 1 atom stereocenters. The van der Waals surface area contributed by atoms with Crippen LogP contribution in [-0.2, 0) is 7.05 Å². The number of aryl methyl sites for hydroxylation is 1. The number of piperidine rings is 1. The molecule has 1 aromatic carbocycles. The van der Waals surface area contributed by atoms with Gasteiger partial charge in [0.05, 0.1) is 16.8 Å². The molecule has 1 aliphatic heterocycles. The Balaban J connectivity index is 1.67. The third-order valence-corrected chi connectivity index (χ3v) is 5.05. The van der Waals surface area contributed by atoms with E-state index in [4.69, 9.17) is 10.7 Å². The van der Waals surface area contributed by atoms with Crippen LogP contribution >= 0.6 is 0 Å². The Bertz CT molecular complexity index is 1030. The van der Waals surface area contributed by atoms with Crippen LogP contribution in [0.4, 0.5) is 0 Å². The van der Waals surface area contributed by atoms with Crippen molar-refractivity contribution in [1.29, 1.82) is 0 Å². The van der Waals surface area contributed by atoms with E-state index in [1.165, 1.54) is 0 Å². The molecule has 7 heteroatoms. The smallest absolute Gasteiger partial charge is 0.274 e. The minimum Gasteiger partial charge on any atom is -0.366 e. The third-order valence-electron chi connectivity index (χ3n) is 5.05. The Morgan fingerprint density at radius 1 is 1.22 bits per heavy atom. The highest BCUT2D eigenvalue weighted by molar-refractivity contribution is 5.98. The van der Waals surface area contributed by atoms with Crippen LogP contribution in [0.5, 0.6) is 0 Å². The van der Waals surface area contributed by atoms with Crippen molar-refractivity contribution in [3.05, 3.63) is 59.5 Å². The van der Waals surface area contributed by atoms with Gasteiger partial charge in [0.2, 0.25) is 0 Å². The van der Waals surface area contributed by atoms with Gasteiger partial charge in [-0.1, -0.05) is 18.2 Å². The number of rotatable bonds is 3. The topological polar surface area (TPSA) is 94.1 Å². The number of hydrogen-bond donors (Lipinski definition) is 1. The third kappa shape index (κ3) is 3.28. The summed E-state index contributed by atoms with van der Waals surface area (Å²) >= 11 is 0. The predicted octanol–water partition coefficient (Wildman–Crippen LogP) is 2.09. The summed E-state index contributed by atoms with van der Waals surface area (Å²) in [6.07, 6.45) is 3.46. The van der Waals surface area contributed by atoms with Crippen LogP contribution in [0.3, 0.4) is 0 Å². The van der Waals surface area contributed by atoms with Crippen molar-refractivity contribution in [1.82, 2.24) is 19.7 Å². The minimum absolute atomic E-state index is 0.0291. The molecule has 27 heavy (non-hydrogen) atoms. The number of carbonyl (C=O) groups is 2. The molecule has 2 aromatic heterocycles. The van der Waals surface area contributed by atoms with Gasteiger partial charge in [-0.2, -0.15) is 5.10 Å². The Hall–Kier alpha value is -3.22. The highest BCUT2D eigenvalue weighted by atomic mass is 16.2. The van der Waals surface area contributed by atoms with E-state index in [0.717, 1.165) is 23.7 Å². The van der Waals surface area contributed by atoms with Gasteiger partial charge in [0.15, 0.2) is 0 Å². The second-order valence-electron chi connectivity index (χ2n) is 6.94. The number of nitrogens with zero attached hydrogens (tertiary/aromatic N) is 4. The number of nitrogens with two attached hydrogens (primary N) is 1. The summed E-state index contributed by atoms with van der Waals surface area (Å²) in [7, 11) is 1.79. The summed E-state index contributed by atoms with van der Waals surface area (Å²) in [5.41, 5.74) is 8.00. The second-order valence-corrected chi connectivity index (χ2v) is 6.94. The first kappa shape index (κ1) is 17.2. The Labute approximate surface area is 156 Å². The van der Waals surface area contributed by atoms with Crippen LogP contribution in [-0.4, -0.2) is 44.6 Å². The Morgan fingerprint density at radius 2 is 2.04 bits per heavy atom. The quantitative estimate of drug-likeness (QED) is 0.771. The maximum atomic E-state index is 12.8. The van der Waals surface area contributed by atoms with Crippen molar-refractivity contribution < 1.29 is 9.59 Å². The standard InChI is InChI=1S/C20H21N5O2/c1-24-10-8-17(23-24)20(27)25-9-4-6-14(12-25)18-15(19(21)26)11-13-5-2-3-7-16(13)22-18/h2-3,5,7-8,10-11,14H,4,6,9,12H2,1H3,(H2,21,26)/t14-/m0/s1. The zero-order valence-electron chi connectivity index (χ0n) is 15.1. The molecular weight excluding hydrogens is 342 g/mol. The number of likely N-dealkylation sites (tertiary alicyclic amines) is 1. The lowest BCUT2D eigenvalue weighted by Crippen LogP contribution is -2.40. The molecule has 1 saturated heterocycles. The Kier molecular flexibility index (Phi) is 4.35. The van der Waals surface area contributed by atoms with Crippen LogP contribution in [0, 0.1) is 0 Å². The molecule has 1 fully saturated rings. The van der Waals surface area contributed by atoms with E-state index in [-0.39, 0.29) is 11.8 Å². The molecule has 3 aromatic rings. The summed E-state index contributed by atoms with van der Waals surface area (Å²) < 4.78 is 1.62. The van der Waals surface area contributed by atoms with E-state index in [9.17, 15) is 9.59 Å². The summed E-state index contributed by atoms with van der Waals surface area (Å²) in [6, 6.07) is 11.2. The average Bonchev–Trinajstić information content (AvgIpc) is 3.12. The van der Waals surface area contributed by atoms with Gasteiger partial charge in [0, 0.05) is 37.6 Å². The number of hydrogen-bond acceptors (Lipinski definition) is 4. The molecule has 4 rings (SSSR count). The highest BCUT2D eigenvalue weighted by Gasteiger charge is 2.29. The van der Waals surface area contributed by atoms with E-state index in [0.29, 0.717) is 30.0 Å². The van der Waals surface area contributed by atoms with Crippen molar-refractivity contribution in [2.45, 2.75) is 18.8 Å². The van der Waals surface area contributed by atoms with Gasteiger partial charge < -0.3 is 10.6 Å². The van der Waals surface area contributed by atoms with Crippen LogP contribution < -0.4 is 5.73 Å². The molecule has 0 saturated carbocycles. The fourth-order valence-corrected chi connectivity index (χ4v) is 3.72. The number of carbonyl (C=O) groups excluding carboxylic acids is 2. The van der Waals surface area contributed by atoms with Crippen LogP contribution in [0.15, 0.2) is 42.6 Å².